The monoisotopic (exact) mass is 305 g/mol. The van der Waals surface area contributed by atoms with Gasteiger partial charge in [0.25, 0.3) is 5.56 Å². The van der Waals surface area contributed by atoms with Crippen LogP contribution in [-0.4, -0.2) is 16.1 Å². The van der Waals surface area contributed by atoms with Gasteiger partial charge in [0.1, 0.15) is 4.83 Å². The quantitative estimate of drug-likeness (QED) is 0.942. The number of hydrogen-bond acceptors (Lipinski definition) is 4. The molecule has 2 heterocycles. The Balaban J connectivity index is 2.00. The van der Waals surface area contributed by atoms with E-state index in [1.165, 1.54) is 23.3 Å². The first kappa shape index (κ1) is 14.6. The Labute approximate surface area is 129 Å². The minimum absolute atomic E-state index is 0.103. The molecule has 0 bridgehead atoms. The van der Waals surface area contributed by atoms with Crippen molar-refractivity contribution in [3.63, 3.8) is 0 Å². The van der Waals surface area contributed by atoms with Crippen LogP contribution in [0.15, 0.2) is 4.79 Å². The molecule has 0 spiro atoms. The van der Waals surface area contributed by atoms with Crippen LogP contribution in [0.4, 0.5) is 5.95 Å². The lowest BCUT2D eigenvalue weighted by Crippen LogP contribution is -2.23. The van der Waals surface area contributed by atoms with Crippen molar-refractivity contribution in [1.82, 2.24) is 9.55 Å². The lowest BCUT2D eigenvalue weighted by Gasteiger charge is -2.12. The molecule has 2 aromatic rings. The summed E-state index contributed by atoms with van der Waals surface area (Å²) in [5, 5.41) is 4.18. The van der Waals surface area contributed by atoms with Crippen LogP contribution < -0.4 is 10.9 Å². The molecule has 0 fully saturated rings. The van der Waals surface area contributed by atoms with Gasteiger partial charge < -0.3 is 5.32 Å². The summed E-state index contributed by atoms with van der Waals surface area (Å²) in [6.07, 6.45) is 5.65. The third-order valence-corrected chi connectivity index (χ3v) is 5.39. The molecule has 21 heavy (non-hydrogen) atoms. The number of hydrogen-bond donors (Lipinski definition) is 1. The summed E-state index contributed by atoms with van der Waals surface area (Å²) in [4.78, 5) is 19.7. The highest BCUT2D eigenvalue weighted by Crippen LogP contribution is 2.34. The fourth-order valence-corrected chi connectivity index (χ4v) is 4.17. The van der Waals surface area contributed by atoms with Gasteiger partial charge in [0.15, 0.2) is 0 Å². The Morgan fingerprint density at radius 2 is 2.10 bits per heavy atom. The van der Waals surface area contributed by atoms with Gasteiger partial charge in [0, 0.05) is 18.5 Å². The van der Waals surface area contributed by atoms with Gasteiger partial charge in [-0.15, -0.1) is 11.3 Å². The standard InChI is InChI=1S/C16H23N3OS/c1-10(2)8-9-17-16-18-14-13(15(20)19(16)3)11-6-4-5-7-12(11)21-14/h10H,4-9H2,1-3H3,(H,17,18). The molecular formula is C16H23N3OS. The Bertz CT molecular complexity index is 714. The summed E-state index contributed by atoms with van der Waals surface area (Å²) < 4.78 is 1.67. The SMILES string of the molecule is CC(C)CCNc1nc2sc3c(c2c(=O)n1C)CCCC3. The van der Waals surface area contributed by atoms with Gasteiger partial charge in [0.05, 0.1) is 5.39 Å². The van der Waals surface area contributed by atoms with E-state index in [0.717, 1.165) is 36.0 Å². The Kier molecular flexibility index (Phi) is 4.02. The van der Waals surface area contributed by atoms with Crippen LogP contribution in [0.3, 0.4) is 0 Å². The van der Waals surface area contributed by atoms with Gasteiger partial charge in [-0.25, -0.2) is 4.98 Å². The predicted molar refractivity (Wildman–Crippen MR) is 89.4 cm³/mol. The van der Waals surface area contributed by atoms with Crippen molar-refractivity contribution in [1.29, 1.82) is 0 Å². The second-order valence-corrected chi connectivity index (χ2v) is 7.38. The first-order valence-corrected chi connectivity index (χ1v) is 8.64. The normalized spacial score (nSPS) is 14.7. The summed E-state index contributed by atoms with van der Waals surface area (Å²) in [6, 6.07) is 0. The van der Waals surface area contributed by atoms with Gasteiger partial charge in [-0.05, 0) is 43.6 Å². The third kappa shape index (κ3) is 2.71. The highest BCUT2D eigenvalue weighted by molar-refractivity contribution is 7.18. The average Bonchev–Trinajstić information content (AvgIpc) is 2.82. The van der Waals surface area contributed by atoms with Crippen LogP contribution in [0, 0.1) is 5.92 Å². The van der Waals surface area contributed by atoms with Crippen LogP contribution in [-0.2, 0) is 19.9 Å². The smallest absolute Gasteiger partial charge is 0.263 e. The van der Waals surface area contributed by atoms with Crippen LogP contribution in [0.1, 0.15) is 43.6 Å². The molecule has 1 aliphatic carbocycles. The van der Waals surface area contributed by atoms with Crippen molar-refractivity contribution in [2.24, 2.45) is 13.0 Å². The maximum atomic E-state index is 12.7. The highest BCUT2D eigenvalue weighted by atomic mass is 32.1. The molecule has 1 aliphatic rings. The molecule has 0 saturated heterocycles. The average molecular weight is 305 g/mol. The summed E-state index contributed by atoms with van der Waals surface area (Å²) in [5.74, 6) is 1.35. The lowest BCUT2D eigenvalue weighted by atomic mass is 9.97. The Hall–Kier alpha value is -1.36. The van der Waals surface area contributed by atoms with Crippen molar-refractivity contribution < 1.29 is 0 Å². The van der Waals surface area contributed by atoms with E-state index < -0.39 is 0 Å². The van der Waals surface area contributed by atoms with Crippen molar-refractivity contribution in [2.75, 3.05) is 11.9 Å². The van der Waals surface area contributed by atoms with Crippen molar-refractivity contribution in [2.45, 2.75) is 46.0 Å². The number of aromatic nitrogens is 2. The second-order valence-electron chi connectivity index (χ2n) is 6.30. The highest BCUT2D eigenvalue weighted by Gasteiger charge is 2.20. The molecule has 0 amide bonds. The van der Waals surface area contributed by atoms with Crippen LogP contribution >= 0.6 is 11.3 Å². The number of rotatable bonds is 4. The molecule has 0 radical (unpaired) electrons. The van der Waals surface area contributed by atoms with Crippen LogP contribution in [0.5, 0.6) is 0 Å². The first-order valence-electron chi connectivity index (χ1n) is 7.83. The van der Waals surface area contributed by atoms with Crippen molar-refractivity contribution in [3.8, 4) is 0 Å². The summed E-state index contributed by atoms with van der Waals surface area (Å²) >= 11 is 1.71. The fraction of sp³-hybridized carbons (Fsp3) is 0.625. The van der Waals surface area contributed by atoms with E-state index >= 15 is 0 Å². The zero-order valence-corrected chi connectivity index (χ0v) is 13.8. The minimum atomic E-state index is 0.103. The molecule has 0 aliphatic heterocycles. The van der Waals surface area contributed by atoms with Crippen LogP contribution in [0.2, 0.25) is 0 Å². The van der Waals surface area contributed by atoms with E-state index in [0.29, 0.717) is 11.9 Å². The second kappa shape index (κ2) is 5.79. The number of nitrogens with zero attached hydrogens (tertiary/aromatic N) is 2. The van der Waals surface area contributed by atoms with E-state index in [1.807, 2.05) is 7.05 Å². The molecule has 2 aromatic heterocycles. The number of fused-ring (bicyclic) bond motifs is 3. The molecule has 0 atom stereocenters. The van der Waals surface area contributed by atoms with E-state index in [4.69, 9.17) is 4.98 Å². The maximum Gasteiger partial charge on any atom is 0.263 e. The van der Waals surface area contributed by atoms with Crippen molar-refractivity contribution >= 4 is 27.5 Å². The number of thiophene rings is 1. The predicted octanol–water partition coefficient (Wildman–Crippen LogP) is 3.33. The van der Waals surface area contributed by atoms with E-state index in [1.54, 1.807) is 15.9 Å². The maximum absolute atomic E-state index is 12.7. The zero-order chi connectivity index (χ0) is 15.0. The molecule has 114 valence electrons. The van der Waals surface area contributed by atoms with Gasteiger partial charge >= 0.3 is 0 Å². The Morgan fingerprint density at radius 3 is 2.86 bits per heavy atom. The summed E-state index contributed by atoms with van der Waals surface area (Å²) in [6.45, 7) is 5.25. The molecule has 5 heteroatoms. The molecule has 3 rings (SSSR count). The minimum Gasteiger partial charge on any atom is -0.356 e. The molecule has 0 unspecified atom stereocenters. The summed E-state index contributed by atoms with van der Waals surface area (Å²) in [5.41, 5.74) is 1.37. The van der Waals surface area contributed by atoms with Crippen LogP contribution in [0.25, 0.3) is 10.2 Å². The molecule has 4 nitrogen and oxygen atoms in total. The summed E-state index contributed by atoms with van der Waals surface area (Å²) in [7, 11) is 1.82. The van der Waals surface area contributed by atoms with E-state index in [9.17, 15) is 4.79 Å². The molecule has 0 saturated carbocycles. The third-order valence-electron chi connectivity index (χ3n) is 4.20. The van der Waals surface area contributed by atoms with Gasteiger partial charge in [-0.2, -0.15) is 0 Å². The lowest BCUT2D eigenvalue weighted by molar-refractivity contribution is 0.604. The topological polar surface area (TPSA) is 46.9 Å². The number of nitrogens with one attached hydrogen (secondary N) is 1. The molecule has 0 aromatic carbocycles. The largest absolute Gasteiger partial charge is 0.356 e. The molecule has 1 N–H and O–H groups in total. The Morgan fingerprint density at radius 1 is 1.33 bits per heavy atom. The number of anilines is 1. The molecular weight excluding hydrogens is 282 g/mol. The first-order chi connectivity index (χ1) is 10.1. The van der Waals surface area contributed by atoms with Crippen molar-refractivity contribution in [3.05, 3.63) is 20.8 Å². The van der Waals surface area contributed by atoms with E-state index in [2.05, 4.69) is 19.2 Å². The van der Waals surface area contributed by atoms with Gasteiger partial charge in [-0.1, -0.05) is 13.8 Å². The number of aryl methyl sites for hydroxylation is 2. The fourth-order valence-electron chi connectivity index (χ4n) is 2.92. The van der Waals surface area contributed by atoms with E-state index in [-0.39, 0.29) is 5.56 Å². The van der Waals surface area contributed by atoms with Gasteiger partial charge in [0.2, 0.25) is 5.95 Å². The van der Waals surface area contributed by atoms with Gasteiger partial charge in [-0.3, -0.25) is 9.36 Å². The zero-order valence-electron chi connectivity index (χ0n) is 13.0.